The standard InChI is InChI=1S/C11H19N5O/c1-5-13-10(17)8(3)15-9-7(2)6-14-11(12-4)16-9/h6,8H,5H2,1-4H3,(H,13,17)(H2,12,14,15,16). The molecule has 1 aromatic rings. The normalized spacial score (nSPS) is 11.8. The SMILES string of the molecule is CCNC(=O)C(C)Nc1nc(NC)ncc1C. The van der Waals surface area contributed by atoms with Gasteiger partial charge in [-0.1, -0.05) is 0 Å². The van der Waals surface area contributed by atoms with E-state index in [-0.39, 0.29) is 11.9 Å². The number of nitrogens with zero attached hydrogens (tertiary/aromatic N) is 2. The first-order valence-electron chi connectivity index (χ1n) is 5.64. The molecule has 0 aromatic carbocycles. The smallest absolute Gasteiger partial charge is 0.242 e. The molecule has 1 amide bonds. The van der Waals surface area contributed by atoms with Crippen molar-refractivity contribution in [2.75, 3.05) is 24.2 Å². The van der Waals surface area contributed by atoms with Crippen LogP contribution in [0.2, 0.25) is 0 Å². The van der Waals surface area contributed by atoms with Crippen molar-refractivity contribution in [3.8, 4) is 0 Å². The van der Waals surface area contributed by atoms with Crippen LogP contribution in [0.3, 0.4) is 0 Å². The third-order valence-corrected chi connectivity index (χ3v) is 2.29. The first-order valence-corrected chi connectivity index (χ1v) is 5.64. The largest absolute Gasteiger partial charge is 0.358 e. The fraction of sp³-hybridized carbons (Fsp3) is 0.545. The summed E-state index contributed by atoms with van der Waals surface area (Å²) >= 11 is 0. The number of aryl methyl sites for hydroxylation is 1. The van der Waals surface area contributed by atoms with Gasteiger partial charge >= 0.3 is 0 Å². The van der Waals surface area contributed by atoms with Gasteiger partial charge in [-0.15, -0.1) is 0 Å². The molecule has 0 aliphatic carbocycles. The third kappa shape index (κ3) is 3.58. The summed E-state index contributed by atoms with van der Waals surface area (Å²) < 4.78 is 0. The molecule has 1 atom stereocenters. The minimum Gasteiger partial charge on any atom is -0.358 e. The van der Waals surface area contributed by atoms with Crippen LogP contribution in [-0.4, -0.2) is 35.5 Å². The zero-order valence-corrected chi connectivity index (χ0v) is 10.7. The molecule has 1 unspecified atom stereocenters. The molecular weight excluding hydrogens is 218 g/mol. The molecule has 0 bridgehead atoms. The van der Waals surface area contributed by atoms with Gasteiger partial charge < -0.3 is 16.0 Å². The van der Waals surface area contributed by atoms with E-state index in [1.54, 1.807) is 20.2 Å². The van der Waals surface area contributed by atoms with Crippen LogP contribution in [0.4, 0.5) is 11.8 Å². The van der Waals surface area contributed by atoms with Crippen LogP contribution < -0.4 is 16.0 Å². The van der Waals surface area contributed by atoms with Crippen molar-refractivity contribution in [2.45, 2.75) is 26.8 Å². The van der Waals surface area contributed by atoms with Gasteiger partial charge in [-0.2, -0.15) is 4.98 Å². The second kappa shape index (κ2) is 6.03. The van der Waals surface area contributed by atoms with Crippen molar-refractivity contribution in [3.63, 3.8) is 0 Å². The molecule has 0 aliphatic rings. The molecule has 94 valence electrons. The average molecular weight is 237 g/mol. The van der Waals surface area contributed by atoms with Crippen molar-refractivity contribution in [3.05, 3.63) is 11.8 Å². The van der Waals surface area contributed by atoms with E-state index >= 15 is 0 Å². The molecule has 1 rings (SSSR count). The minimum absolute atomic E-state index is 0.0449. The zero-order chi connectivity index (χ0) is 12.8. The number of rotatable bonds is 5. The Balaban J connectivity index is 2.76. The van der Waals surface area contributed by atoms with E-state index in [9.17, 15) is 4.79 Å². The third-order valence-electron chi connectivity index (χ3n) is 2.29. The lowest BCUT2D eigenvalue weighted by molar-refractivity contribution is -0.121. The Morgan fingerprint density at radius 3 is 2.82 bits per heavy atom. The topological polar surface area (TPSA) is 78.9 Å². The second-order valence-electron chi connectivity index (χ2n) is 3.74. The lowest BCUT2D eigenvalue weighted by Crippen LogP contribution is -2.37. The fourth-order valence-electron chi connectivity index (χ4n) is 1.31. The molecule has 3 N–H and O–H groups in total. The van der Waals surface area contributed by atoms with Crippen LogP contribution in [0.15, 0.2) is 6.20 Å². The summed E-state index contributed by atoms with van der Waals surface area (Å²) in [7, 11) is 1.75. The molecule has 0 radical (unpaired) electrons. The van der Waals surface area contributed by atoms with Crippen LogP contribution >= 0.6 is 0 Å². The molecule has 1 heterocycles. The van der Waals surface area contributed by atoms with Gasteiger partial charge in [0.1, 0.15) is 11.9 Å². The Kier molecular flexibility index (Phi) is 4.68. The lowest BCUT2D eigenvalue weighted by atomic mass is 10.2. The predicted octanol–water partition coefficient (Wildman–Crippen LogP) is 0.763. The van der Waals surface area contributed by atoms with Gasteiger partial charge in [0, 0.05) is 25.4 Å². The Hall–Kier alpha value is -1.85. The van der Waals surface area contributed by atoms with Gasteiger partial charge in [-0.25, -0.2) is 4.98 Å². The zero-order valence-electron chi connectivity index (χ0n) is 10.7. The molecule has 0 saturated heterocycles. The number of carbonyl (C=O) groups is 1. The van der Waals surface area contributed by atoms with Gasteiger partial charge in [0.25, 0.3) is 0 Å². The van der Waals surface area contributed by atoms with Crippen LogP contribution in [-0.2, 0) is 4.79 Å². The summed E-state index contributed by atoms with van der Waals surface area (Å²) in [5.41, 5.74) is 0.903. The van der Waals surface area contributed by atoms with E-state index in [1.165, 1.54) is 0 Å². The number of aromatic nitrogens is 2. The molecule has 0 spiro atoms. The van der Waals surface area contributed by atoms with Crippen molar-refractivity contribution in [1.29, 1.82) is 0 Å². The molecule has 6 heteroatoms. The van der Waals surface area contributed by atoms with Gasteiger partial charge in [0.05, 0.1) is 0 Å². The quantitative estimate of drug-likeness (QED) is 0.704. The maximum atomic E-state index is 11.6. The average Bonchev–Trinajstić information content (AvgIpc) is 2.32. The van der Waals surface area contributed by atoms with Gasteiger partial charge in [-0.3, -0.25) is 4.79 Å². The number of hydrogen-bond donors (Lipinski definition) is 3. The Morgan fingerprint density at radius 2 is 2.24 bits per heavy atom. The van der Waals surface area contributed by atoms with Crippen molar-refractivity contribution in [1.82, 2.24) is 15.3 Å². The molecule has 0 fully saturated rings. The van der Waals surface area contributed by atoms with E-state index in [0.29, 0.717) is 18.3 Å². The number of anilines is 2. The Bertz CT molecular complexity index is 393. The van der Waals surface area contributed by atoms with E-state index in [1.807, 2.05) is 13.8 Å². The molecular formula is C11H19N5O. The molecule has 0 saturated carbocycles. The van der Waals surface area contributed by atoms with Gasteiger partial charge in [0.15, 0.2) is 0 Å². The molecule has 1 aromatic heterocycles. The monoisotopic (exact) mass is 237 g/mol. The van der Waals surface area contributed by atoms with E-state index in [0.717, 1.165) is 5.56 Å². The summed E-state index contributed by atoms with van der Waals surface area (Å²) in [6, 6.07) is -0.326. The van der Waals surface area contributed by atoms with E-state index in [2.05, 4.69) is 25.9 Å². The number of nitrogens with one attached hydrogen (secondary N) is 3. The molecule has 6 nitrogen and oxygen atoms in total. The van der Waals surface area contributed by atoms with E-state index in [4.69, 9.17) is 0 Å². The molecule has 17 heavy (non-hydrogen) atoms. The van der Waals surface area contributed by atoms with E-state index < -0.39 is 0 Å². The minimum atomic E-state index is -0.326. The van der Waals surface area contributed by atoms with Gasteiger partial charge in [0.2, 0.25) is 11.9 Å². The summed E-state index contributed by atoms with van der Waals surface area (Å²) in [5.74, 6) is 1.15. The Labute approximate surface area is 101 Å². The number of likely N-dealkylation sites (N-methyl/N-ethyl adjacent to an activating group) is 1. The van der Waals surface area contributed by atoms with Crippen molar-refractivity contribution in [2.24, 2.45) is 0 Å². The number of amides is 1. The summed E-state index contributed by atoms with van der Waals surface area (Å²) in [5, 5.41) is 8.68. The maximum Gasteiger partial charge on any atom is 0.242 e. The highest BCUT2D eigenvalue weighted by molar-refractivity contribution is 5.84. The first-order chi connectivity index (χ1) is 8.08. The van der Waals surface area contributed by atoms with Crippen LogP contribution in [0.1, 0.15) is 19.4 Å². The summed E-state index contributed by atoms with van der Waals surface area (Å²) in [6.45, 7) is 6.20. The van der Waals surface area contributed by atoms with Crippen LogP contribution in [0.5, 0.6) is 0 Å². The highest BCUT2D eigenvalue weighted by atomic mass is 16.2. The van der Waals surface area contributed by atoms with Crippen molar-refractivity contribution >= 4 is 17.7 Å². The lowest BCUT2D eigenvalue weighted by Gasteiger charge is -2.15. The summed E-state index contributed by atoms with van der Waals surface area (Å²) in [6.07, 6.45) is 1.71. The first kappa shape index (κ1) is 13.2. The highest BCUT2D eigenvalue weighted by Gasteiger charge is 2.13. The predicted molar refractivity (Wildman–Crippen MR) is 68.1 cm³/mol. The van der Waals surface area contributed by atoms with Crippen LogP contribution in [0.25, 0.3) is 0 Å². The Morgan fingerprint density at radius 1 is 1.53 bits per heavy atom. The fourth-order valence-corrected chi connectivity index (χ4v) is 1.31. The highest BCUT2D eigenvalue weighted by Crippen LogP contribution is 2.13. The summed E-state index contributed by atoms with van der Waals surface area (Å²) in [4.78, 5) is 19.9. The van der Waals surface area contributed by atoms with Gasteiger partial charge in [-0.05, 0) is 20.8 Å². The van der Waals surface area contributed by atoms with Crippen molar-refractivity contribution < 1.29 is 4.79 Å². The second-order valence-corrected chi connectivity index (χ2v) is 3.74. The number of carbonyl (C=O) groups excluding carboxylic acids is 1. The van der Waals surface area contributed by atoms with Crippen LogP contribution in [0, 0.1) is 6.92 Å². The maximum absolute atomic E-state index is 11.6. The number of hydrogen-bond acceptors (Lipinski definition) is 5. The molecule has 0 aliphatic heterocycles.